The van der Waals surface area contributed by atoms with E-state index in [0.29, 0.717) is 6.42 Å². The lowest BCUT2D eigenvalue weighted by atomic mass is 9.88. The number of carbonyl (C=O) groups excluding carboxylic acids is 1. The zero-order chi connectivity index (χ0) is 12.3. The predicted molar refractivity (Wildman–Crippen MR) is 66.7 cm³/mol. The molecule has 92 valence electrons. The van der Waals surface area contributed by atoms with Crippen LogP contribution >= 0.6 is 0 Å². The number of likely N-dealkylation sites (N-methyl/N-ethyl adjacent to an activating group) is 1. The minimum Gasteiger partial charge on any atom is -0.380 e. The van der Waals surface area contributed by atoms with E-state index in [-0.39, 0.29) is 11.3 Å². The Morgan fingerprint density at radius 3 is 2.53 bits per heavy atom. The fourth-order valence-electron chi connectivity index (χ4n) is 2.11. The summed E-state index contributed by atoms with van der Waals surface area (Å²) in [6.45, 7) is 4.45. The van der Waals surface area contributed by atoms with Gasteiger partial charge in [0.1, 0.15) is 0 Å². The third kappa shape index (κ3) is 3.07. The maximum Gasteiger partial charge on any atom is 0.226 e. The predicted octanol–water partition coefficient (Wildman–Crippen LogP) is 1.72. The van der Waals surface area contributed by atoms with Crippen LogP contribution in [0.2, 0.25) is 0 Å². The molecule has 0 N–H and O–H groups in total. The van der Waals surface area contributed by atoms with Crippen LogP contribution in [-0.4, -0.2) is 37.6 Å². The lowest BCUT2D eigenvalue weighted by molar-refractivity contribution is -0.141. The molecule has 1 aromatic rings. The summed E-state index contributed by atoms with van der Waals surface area (Å²) in [4.78, 5) is 13.8. The van der Waals surface area contributed by atoms with Crippen molar-refractivity contribution >= 4 is 5.91 Å². The molecule has 0 unspecified atom stereocenters. The van der Waals surface area contributed by atoms with Crippen molar-refractivity contribution < 1.29 is 9.53 Å². The van der Waals surface area contributed by atoms with Crippen molar-refractivity contribution in [2.45, 2.75) is 13.3 Å². The summed E-state index contributed by atoms with van der Waals surface area (Å²) in [5.41, 5.74) is 1.22. The Morgan fingerprint density at radius 1 is 1.35 bits per heavy atom. The van der Waals surface area contributed by atoms with Gasteiger partial charge in [0.15, 0.2) is 0 Å². The largest absolute Gasteiger partial charge is 0.380 e. The summed E-state index contributed by atoms with van der Waals surface area (Å²) in [5.74, 6) is 0.171. The van der Waals surface area contributed by atoms with Gasteiger partial charge < -0.3 is 9.64 Å². The lowest BCUT2D eigenvalue weighted by Gasteiger charge is -2.40. The van der Waals surface area contributed by atoms with Gasteiger partial charge in [-0.15, -0.1) is 0 Å². The van der Waals surface area contributed by atoms with Crippen LogP contribution in [-0.2, 0) is 16.0 Å². The molecule has 3 heteroatoms. The Morgan fingerprint density at radius 2 is 2.00 bits per heavy atom. The van der Waals surface area contributed by atoms with E-state index in [1.807, 2.05) is 42.3 Å². The van der Waals surface area contributed by atoms with Crippen LogP contribution in [0.25, 0.3) is 0 Å². The van der Waals surface area contributed by atoms with Crippen LogP contribution in [0.4, 0.5) is 0 Å². The molecular weight excluding hydrogens is 214 g/mol. The first kappa shape index (κ1) is 12.1. The van der Waals surface area contributed by atoms with Gasteiger partial charge in [-0.2, -0.15) is 0 Å². The number of hydrogen-bond donors (Lipinski definition) is 0. The Kier molecular flexibility index (Phi) is 3.48. The first-order valence-electron chi connectivity index (χ1n) is 5.95. The fourth-order valence-corrected chi connectivity index (χ4v) is 2.11. The molecule has 1 aliphatic heterocycles. The van der Waals surface area contributed by atoms with E-state index in [4.69, 9.17) is 4.74 Å². The van der Waals surface area contributed by atoms with Gasteiger partial charge >= 0.3 is 0 Å². The summed E-state index contributed by atoms with van der Waals surface area (Å²) in [5, 5.41) is 0. The van der Waals surface area contributed by atoms with Gasteiger partial charge in [-0.05, 0) is 5.56 Å². The third-order valence-corrected chi connectivity index (χ3v) is 3.14. The molecule has 0 saturated carbocycles. The number of benzene rings is 1. The van der Waals surface area contributed by atoms with Gasteiger partial charge in [-0.1, -0.05) is 37.3 Å². The summed E-state index contributed by atoms with van der Waals surface area (Å²) in [6, 6.07) is 9.86. The van der Waals surface area contributed by atoms with Gasteiger partial charge in [0.2, 0.25) is 5.91 Å². The molecule has 1 amide bonds. The maximum absolute atomic E-state index is 12.0. The number of carbonyl (C=O) groups is 1. The molecule has 3 nitrogen and oxygen atoms in total. The van der Waals surface area contributed by atoms with Gasteiger partial charge in [0.25, 0.3) is 0 Å². The molecule has 1 saturated heterocycles. The minimum atomic E-state index is 0.154. The summed E-state index contributed by atoms with van der Waals surface area (Å²) < 4.78 is 5.20. The number of rotatable bonds is 4. The highest BCUT2D eigenvalue weighted by Gasteiger charge is 2.35. The first-order valence-corrected chi connectivity index (χ1v) is 5.95. The summed E-state index contributed by atoms with van der Waals surface area (Å²) in [7, 11) is 1.87. The minimum absolute atomic E-state index is 0.154. The second-order valence-corrected chi connectivity index (χ2v) is 5.22. The molecule has 1 fully saturated rings. The van der Waals surface area contributed by atoms with E-state index >= 15 is 0 Å². The molecule has 0 atom stereocenters. The van der Waals surface area contributed by atoms with E-state index in [0.717, 1.165) is 25.3 Å². The Hall–Kier alpha value is -1.35. The van der Waals surface area contributed by atoms with Crippen molar-refractivity contribution in [2.24, 2.45) is 5.41 Å². The molecule has 2 rings (SSSR count). The topological polar surface area (TPSA) is 29.5 Å². The number of hydrogen-bond acceptors (Lipinski definition) is 2. The molecule has 0 aliphatic carbocycles. The highest BCUT2D eigenvalue weighted by atomic mass is 16.5. The quantitative estimate of drug-likeness (QED) is 0.792. The average Bonchev–Trinajstić information content (AvgIpc) is 2.28. The molecule has 1 aliphatic rings. The van der Waals surface area contributed by atoms with E-state index in [1.54, 1.807) is 0 Å². The lowest BCUT2D eigenvalue weighted by Crippen LogP contribution is -2.49. The van der Waals surface area contributed by atoms with Crippen molar-refractivity contribution in [3.05, 3.63) is 35.9 Å². The third-order valence-electron chi connectivity index (χ3n) is 3.14. The molecule has 1 aromatic carbocycles. The molecule has 0 aromatic heterocycles. The number of nitrogens with zero attached hydrogens (tertiary/aromatic N) is 1. The molecule has 0 radical (unpaired) electrons. The van der Waals surface area contributed by atoms with Crippen molar-refractivity contribution in [1.29, 1.82) is 0 Å². The van der Waals surface area contributed by atoms with Crippen LogP contribution in [0.1, 0.15) is 12.5 Å². The van der Waals surface area contributed by atoms with Gasteiger partial charge in [0, 0.05) is 19.0 Å². The van der Waals surface area contributed by atoms with Crippen molar-refractivity contribution in [3.8, 4) is 0 Å². The van der Waals surface area contributed by atoms with E-state index in [1.165, 1.54) is 0 Å². The molecule has 17 heavy (non-hydrogen) atoms. The van der Waals surface area contributed by atoms with Gasteiger partial charge in [-0.3, -0.25) is 4.79 Å². The highest BCUT2D eigenvalue weighted by molar-refractivity contribution is 5.78. The molecule has 1 heterocycles. The van der Waals surface area contributed by atoms with Crippen molar-refractivity contribution in [1.82, 2.24) is 4.90 Å². The summed E-state index contributed by atoms with van der Waals surface area (Å²) >= 11 is 0. The first-order chi connectivity index (χ1) is 8.09. The van der Waals surface area contributed by atoms with E-state index in [2.05, 4.69) is 6.92 Å². The average molecular weight is 233 g/mol. The van der Waals surface area contributed by atoms with Crippen LogP contribution in [0.5, 0.6) is 0 Å². The fraction of sp³-hybridized carbons (Fsp3) is 0.500. The van der Waals surface area contributed by atoms with Crippen molar-refractivity contribution in [2.75, 3.05) is 26.8 Å². The highest BCUT2D eigenvalue weighted by Crippen LogP contribution is 2.27. The smallest absolute Gasteiger partial charge is 0.226 e. The monoisotopic (exact) mass is 233 g/mol. The SMILES string of the molecule is CN(CC1(C)COC1)C(=O)Cc1ccccc1. The van der Waals surface area contributed by atoms with Crippen LogP contribution < -0.4 is 0 Å². The zero-order valence-corrected chi connectivity index (χ0v) is 10.5. The summed E-state index contributed by atoms with van der Waals surface area (Å²) in [6.07, 6.45) is 0.480. The second kappa shape index (κ2) is 4.88. The van der Waals surface area contributed by atoms with Crippen LogP contribution in [0.15, 0.2) is 30.3 Å². The Labute approximate surface area is 102 Å². The van der Waals surface area contributed by atoms with E-state index in [9.17, 15) is 4.79 Å². The van der Waals surface area contributed by atoms with Gasteiger partial charge in [0.05, 0.1) is 19.6 Å². The second-order valence-electron chi connectivity index (χ2n) is 5.22. The van der Waals surface area contributed by atoms with Gasteiger partial charge in [-0.25, -0.2) is 0 Å². The van der Waals surface area contributed by atoms with E-state index < -0.39 is 0 Å². The zero-order valence-electron chi connectivity index (χ0n) is 10.5. The molecular formula is C14H19NO2. The number of amides is 1. The van der Waals surface area contributed by atoms with Crippen LogP contribution in [0, 0.1) is 5.41 Å². The van der Waals surface area contributed by atoms with Crippen LogP contribution in [0.3, 0.4) is 0 Å². The number of ether oxygens (including phenoxy) is 1. The molecule has 0 spiro atoms. The van der Waals surface area contributed by atoms with Crippen molar-refractivity contribution in [3.63, 3.8) is 0 Å². The maximum atomic E-state index is 12.0. The standard InChI is InChI=1S/C14H19NO2/c1-14(10-17-11-14)9-15(2)13(16)8-12-6-4-3-5-7-12/h3-7H,8-11H2,1-2H3. The normalized spacial score (nSPS) is 17.3. The Bertz CT molecular complexity index is 384. The molecule has 0 bridgehead atoms. The Balaban J connectivity index is 1.87.